The molecule has 0 spiro atoms. The van der Waals surface area contributed by atoms with Crippen LogP contribution in [-0.4, -0.2) is 34.2 Å². The summed E-state index contributed by atoms with van der Waals surface area (Å²) in [5.74, 6) is 1.19. The van der Waals surface area contributed by atoms with Crippen molar-refractivity contribution in [2.45, 2.75) is 25.7 Å². The van der Waals surface area contributed by atoms with Gasteiger partial charge in [-0.05, 0) is 49.2 Å². The third-order valence-corrected chi connectivity index (χ3v) is 3.95. The predicted octanol–water partition coefficient (Wildman–Crippen LogP) is 3.18. The number of nitrogens with one attached hydrogen (secondary N) is 1. The van der Waals surface area contributed by atoms with Gasteiger partial charge in [-0.1, -0.05) is 5.16 Å². The summed E-state index contributed by atoms with van der Waals surface area (Å²) in [7, 11) is 0. The van der Waals surface area contributed by atoms with Crippen LogP contribution in [0.25, 0.3) is 11.4 Å². The number of unbranched alkanes of at least 4 members (excludes halogenated alkanes) is 1. The Labute approximate surface area is 161 Å². The number of carbonyl (C=O) groups is 1. The lowest BCUT2D eigenvalue weighted by Gasteiger charge is -2.07. The minimum absolute atomic E-state index is 0.0666. The van der Waals surface area contributed by atoms with Gasteiger partial charge in [0.2, 0.25) is 17.6 Å². The van der Waals surface area contributed by atoms with E-state index in [1.165, 1.54) is 12.1 Å². The molecule has 0 fully saturated rings. The summed E-state index contributed by atoms with van der Waals surface area (Å²) < 4.78 is 23.5. The van der Waals surface area contributed by atoms with Crippen molar-refractivity contribution >= 4 is 5.91 Å². The first-order chi connectivity index (χ1) is 13.7. The third-order valence-electron chi connectivity index (χ3n) is 3.95. The number of pyridine rings is 1. The number of aryl methyl sites for hydroxylation is 1. The van der Waals surface area contributed by atoms with E-state index in [1.54, 1.807) is 36.7 Å². The molecule has 0 bridgehead atoms. The first-order valence-electron chi connectivity index (χ1n) is 9.09. The van der Waals surface area contributed by atoms with Gasteiger partial charge in [0.05, 0.1) is 6.61 Å². The van der Waals surface area contributed by atoms with Crippen LogP contribution in [0.2, 0.25) is 0 Å². The molecule has 8 heteroatoms. The van der Waals surface area contributed by atoms with Crippen LogP contribution in [0.15, 0.2) is 53.3 Å². The van der Waals surface area contributed by atoms with Crippen molar-refractivity contribution in [3.05, 3.63) is 60.5 Å². The number of carbonyl (C=O) groups excluding carboxylic acids is 1. The molecule has 1 N–H and O–H groups in total. The quantitative estimate of drug-likeness (QED) is 0.540. The van der Waals surface area contributed by atoms with Gasteiger partial charge in [0.15, 0.2) is 0 Å². The lowest BCUT2D eigenvalue weighted by Crippen LogP contribution is -2.25. The van der Waals surface area contributed by atoms with Gasteiger partial charge in [0.25, 0.3) is 0 Å². The smallest absolute Gasteiger partial charge is 0.227 e. The molecule has 146 valence electrons. The molecule has 1 amide bonds. The Kier molecular flexibility index (Phi) is 7.06. The second kappa shape index (κ2) is 10.1. The molecule has 0 saturated carbocycles. The van der Waals surface area contributed by atoms with E-state index < -0.39 is 0 Å². The zero-order chi connectivity index (χ0) is 19.6. The number of rotatable bonds is 10. The first-order valence-corrected chi connectivity index (χ1v) is 9.09. The van der Waals surface area contributed by atoms with Crippen LogP contribution < -0.4 is 10.1 Å². The molecule has 0 aliphatic rings. The average Bonchev–Trinajstić information content (AvgIpc) is 3.20. The third kappa shape index (κ3) is 6.15. The van der Waals surface area contributed by atoms with Crippen molar-refractivity contribution in [2.24, 2.45) is 0 Å². The predicted molar refractivity (Wildman–Crippen MR) is 100.0 cm³/mol. The molecule has 0 radical (unpaired) electrons. The van der Waals surface area contributed by atoms with Crippen LogP contribution >= 0.6 is 0 Å². The van der Waals surface area contributed by atoms with Crippen LogP contribution in [-0.2, 0) is 11.2 Å². The standard InChI is InChI=1S/C20H21FN4O3/c21-16-3-5-17(6-4-16)27-14-2-1-11-23-18(26)7-8-19-24-20(25-28-19)15-9-12-22-13-10-15/h3-6,9-10,12-13H,1-2,7-8,11,14H2,(H,23,26). The molecule has 0 atom stereocenters. The molecule has 0 aliphatic carbocycles. The average molecular weight is 384 g/mol. The number of hydrogen-bond acceptors (Lipinski definition) is 6. The number of aromatic nitrogens is 3. The van der Waals surface area contributed by atoms with Crippen molar-refractivity contribution in [2.75, 3.05) is 13.2 Å². The highest BCUT2D eigenvalue weighted by Gasteiger charge is 2.10. The van der Waals surface area contributed by atoms with E-state index in [-0.39, 0.29) is 18.1 Å². The number of hydrogen-bond donors (Lipinski definition) is 1. The fourth-order valence-electron chi connectivity index (χ4n) is 2.46. The minimum atomic E-state index is -0.288. The van der Waals surface area contributed by atoms with E-state index in [2.05, 4.69) is 20.4 Å². The number of benzene rings is 1. The van der Waals surface area contributed by atoms with E-state index in [4.69, 9.17) is 9.26 Å². The van der Waals surface area contributed by atoms with E-state index in [1.807, 2.05) is 0 Å². The van der Waals surface area contributed by atoms with Crippen molar-refractivity contribution < 1.29 is 18.4 Å². The largest absolute Gasteiger partial charge is 0.494 e. The summed E-state index contributed by atoms with van der Waals surface area (Å²) in [5.41, 5.74) is 0.817. The van der Waals surface area contributed by atoms with E-state index in [9.17, 15) is 9.18 Å². The maximum absolute atomic E-state index is 12.8. The Morgan fingerprint density at radius 1 is 1.11 bits per heavy atom. The topological polar surface area (TPSA) is 90.1 Å². The first kappa shape index (κ1) is 19.5. The molecular weight excluding hydrogens is 363 g/mol. The molecule has 2 heterocycles. The Bertz CT molecular complexity index is 869. The van der Waals surface area contributed by atoms with Gasteiger partial charge in [0, 0.05) is 37.3 Å². The van der Waals surface area contributed by atoms with Crippen LogP contribution in [0, 0.1) is 5.82 Å². The summed E-state index contributed by atoms with van der Waals surface area (Å²) in [6.07, 6.45) is 5.56. The van der Waals surface area contributed by atoms with Gasteiger partial charge in [-0.15, -0.1) is 0 Å². The van der Waals surface area contributed by atoms with Gasteiger partial charge < -0.3 is 14.6 Å². The molecule has 1 aromatic carbocycles. The second-order valence-corrected chi connectivity index (χ2v) is 6.11. The highest BCUT2D eigenvalue weighted by Crippen LogP contribution is 2.14. The van der Waals surface area contributed by atoms with E-state index in [0.717, 1.165) is 18.4 Å². The zero-order valence-electron chi connectivity index (χ0n) is 15.3. The molecule has 0 aliphatic heterocycles. The molecule has 28 heavy (non-hydrogen) atoms. The Hall–Kier alpha value is -3.29. The maximum Gasteiger partial charge on any atom is 0.227 e. The molecule has 0 unspecified atom stereocenters. The number of nitrogens with zero attached hydrogens (tertiary/aromatic N) is 3. The van der Waals surface area contributed by atoms with Crippen LogP contribution in [0.3, 0.4) is 0 Å². The van der Waals surface area contributed by atoms with Gasteiger partial charge in [-0.2, -0.15) is 4.98 Å². The van der Waals surface area contributed by atoms with Gasteiger partial charge in [-0.3, -0.25) is 9.78 Å². The normalized spacial score (nSPS) is 10.6. The van der Waals surface area contributed by atoms with E-state index >= 15 is 0 Å². The lowest BCUT2D eigenvalue weighted by molar-refractivity contribution is -0.121. The lowest BCUT2D eigenvalue weighted by atomic mass is 10.2. The van der Waals surface area contributed by atoms with Gasteiger partial charge in [-0.25, -0.2) is 4.39 Å². The molecule has 3 aromatic rings. The number of halogens is 1. The van der Waals surface area contributed by atoms with Crippen molar-refractivity contribution in [1.29, 1.82) is 0 Å². The molecule has 0 saturated heterocycles. The van der Waals surface area contributed by atoms with Crippen LogP contribution in [0.5, 0.6) is 5.75 Å². The van der Waals surface area contributed by atoms with Crippen molar-refractivity contribution in [3.8, 4) is 17.1 Å². The Balaban J connectivity index is 1.28. The fourth-order valence-corrected chi connectivity index (χ4v) is 2.46. The SMILES string of the molecule is O=C(CCc1nc(-c2ccncc2)no1)NCCCCOc1ccc(F)cc1. The van der Waals surface area contributed by atoms with Crippen LogP contribution in [0.1, 0.15) is 25.2 Å². The van der Waals surface area contributed by atoms with E-state index in [0.29, 0.717) is 37.0 Å². The minimum Gasteiger partial charge on any atom is -0.494 e. The zero-order valence-corrected chi connectivity index (χ0v) is 15.3. The molecular formula is C20H21FN4O3. The number of ether oxygens (including phenoxy) is 1. The summed E-state index contributed by atoms with van der Waals surface area (Å²) in [5, 5.41) is 6.77. The van der Waals surface area contributed by atoms with Crippen molar-refractivity contribution in [3.63, 3.8) is 0 Å². The molecule has 2 aromatic heterocycles. The number of amides is 1. The Morgan fingerprint density at radius 3 is 2.68 bits per heavy atom. The highest BCUT2D eigenvalue weighted by molar-refractivity contribution is 5.75. The summed E-state index contributed by atoms with van der Waals surface area (Å²) >= 11 is 0. The Morgan fingerprint density at radius 2 is 1.89 bits per heavy atom. The van der Waals surface area contributed by atoms with Gasteiger partial charge in [0.1, 0.15) is 11.6 Å². The monoisotopic (exact) mass is 384 g/mol. The summed E-state index contributed by atoms with van der Waals surface area (Å²) in [4.78, 5) is 20.1. The van der Waals surface area contributed by atoms with Gasteiger partial charge >= 0.3 is 0 Å². The van der Waals surface area contributed by atoms with Crippen molar-refractivity contribution in [1.82, 2.24) is 20.4 Å². The molecule has 7 nitrogen and oxygen atoms in total. The summed E-state index contributed by atoms with van der Waals surface area (Å²) in [6.45, 7) is 1.08. The maximum atomic E-state index is 12.8. The highest BCUT2D eigenvalue weighted by atomic mass is 19.1. The summed E-state index contributed by atoms with van der Waals surface area (Å²) in [6, 6.07) is 9.49. The van der Waals surface area contributed by atoms with Crippen LogP contribution in [0.4, 0.5) is 4.39 Å². The second-order valence-electron chi connectivity index (χ2n) is 6.11. The molecule has 3 rings (SSSR count). The fraction of sp³-hybridized carbons (Fsp3) is 0.300.